The van der Waals surface area contributed by atoms with Crippen LogP contribution in [0, 0.1) is 6.92 Å². The van der Waals surface area contributed by atoms with E-state index in [2.05, 4.69) is 36.6 Å². The zero-order valence-electron chi connectivity index (χ0n) is 11.2. The molecule has 0 amide bonds. The third-order valence-corrected chi connectivity index (χ3v) is 3.81. The lowest BCUT2D eigenvalue weighted by Crippen LogP contribution is -2.11. The molecule has 0 unspecified atom stereocenters. The number of aryl methyl sites for hydroxylation is 2. The molecule has 0 bridgehead atoms. The molecule has 7 heteroatoms. The Hall–Kier alpha value is -1.37. The molecule has 0 saturated carbocycles. The molecule has 2 aromatic rings. The van der Waals surface area contributed by atoms with Gasteiger partial charge in [0.15, 0.2) is 0 Å². The van der Waals surface area contributed by atoms with Gasteiger partial charge in [0.2, 0.25) is 0 Å². The van der Waals surface area contributed by atoms with Gasteiger partial charge >= 0.3 is 0 Å². The number of aromatic nitrogens is 2. The number of anilines is 3. The predicted molar refractivity (Wildman–Crippen MR) is 86.4 cm³/mol. The third kappa shape index (κ3) is 3.39. The van der Waals surface area contributed by atoms with Crippen LogP contribution in [0.2, 0.25) is 5.02 Å². The van der Waals surface area contributed by atoms with Gasteiger partial charge in [-0.3, -0.25) is 0 Å². The lowest BCUT2D eigenvalue weighted by atomic mass is 10.2. The van der Waals surface area contributed by atoms with Crippen LogP contribution in [0.1, 0.15) is 18.3 Å². The molecule has 4 N–H and O–H groups in total. The van der Waals surface area contributed by atoms with Gasteiger partial charge in [-0.2, -0.15) is 0 Å². The van der Waals surface area contributed by atoms with E-state index in [-0.39, 0.29) is 0 Å². The number of halogens is 2. The summed E-state index contributed by atoms with van der Waals surface area (Å²) in [4.78, 5) is 8.65. The summed E-state index contributed by atoms with van der Waals surface area (Å²) in [6, 6.07) is 5.54. The van der Waals surface area contributed by atoms with Crippen LogP contribution < -0.4 is 16.6 Å². The van der Waals surface area contributed by atoms with E-state index in [9.17, 15) is 0 Å². The first kappa shape index (κ1) is 15.0. The standard InChI is InChI=1S/C13H15BrClN5/c1-3-11-18-12(6-13(19-11)20-16)17-10-5-9(15)7(2)4-8(10)14/h4-6H,3,16H2,1-2H3,(H2,17,18,19,20). The van der Waals surface area contributed by atoms with E-state index in [1.807, 2.05) is 26.0 Å². The topological polar surface area (TPSA) is 75.9 Å². The van der Waals surface area contributed by atoms with Gasteiger partial charge < -0.3 is 10.7 Å². The maximum Gasteiger partial charge on any atom is 0.145 e. The second-order valence-electron chi connectivity index (χ2n) is 4.26. The minimum atomic E-state index is 0.564. The number of nitrogens with one attached hydrogen (secondary N) is 2. The van der Waals surface area contributed by atoms with E-state index in [0.717, 1.165) is 22.1 Å². The smallest absolute Gasteiger partial charge is 0.145 e. The number of benzene rings is 1. The molecule has 1 heterocycles. The number of nitrogens with zero attached hydrogens (tertiary/aromatic N) is 2. The molecule has 0 aliphatic heterocycles. The van der Waals surface area contributed by atoms with Crippen LogP contribution >= 0.6 is 27.5 Å². The van der Waals surface area contributed by atoms with Crippen LogP contribution in [-0.4, -0.2) is 9.97 Å². The average molecular weight is 357 g/mol. The summed E-state index contributed by atoms with van der Waals surface area (Å²) in [5.74, 6) is 7.34. The van der Waals surface area contributed by atoms with Crippen molar-refractivity contribution in [2.45, 2.75) is 20.3 Å². The lowest BCUT2D eigenvalue weighted by molar-refractivity contribution is 0.941. The van der Waals surface area contributed by atoms with Crippen molar-refractivity contribution in [3.05, 3.63) is 39.1 Å². The summed E-state index contributed by atoms with van der Waals surface area (Å²) in [7, 11) is 0. The molecule has 5 nitrogen and oxygen atoms in total. The maximum absolute atomic E-state index is 6.14. The summed E-state index contributed by atoms with van der Waals surface area (Å²) in [5, 5.41) is 3.90. The quantitative estimate of drug-likeness (QED) is 0.574. The maximum atomic E-state index is 6.14. The first-order chi connectivity index (χ1) is 9.53. The Morgan fingerprint density at radius 1 is 1.25 bits per heavy atom. The highest BCUT2D eigenvalue weighted by Gasteiger charge is 2.07. The molecular formula is C13H15BrClN5. The van der Waals surface area contributed by atoms with Crippen LogP contribution in [0.4, 0.5) is 17.3 Å². The van der Waals surface area contributed by atoms with Gasteiger partial charge in [-0.25, -0.2) is 15.8 Å². The van der Waals surface area contributed by atoms with Gasteiger partial charge in [-0.1, -0.05) is 18.5 Å². The van der Waals surface area contributed by atoms with Gasteiger partial charge in [0.25, 0.3) is 0 Å². The molecule has 0 aliphatic rings. The van der Waals surface area contributed by atoms with E-state index < -0.39 is 0 Å². The number of rotatable bonds is 4. The highest BCUT2D eigenvalue weighted by Crippen LogP contribution is 2.31. The van der Waals surface area contributed by atoms with E-state index in [1.165, 1.54) is 0 Å². The Bertz CT molecular complexity index is 610. The Kier molecular flexibility index (Phi) is 4.80. The van der Waals surface area contributed by atoms with Crippen molar-refractivity contribution < 1.29 is 0 Å². The molecule has 0 atom stereocenters. The van der Waals surface area contributed by atoms with E-state index in [1.54, 1.807) is 6.07 Å². The Labute approximate surface area is 131 Å². The highest BCUT2D eigenvalue weighted by atomic mass is 79.9. The van der Waals surface area contributed by atoms with E-state index >= 15 is 0 Å². The van der Waals surface area contributed by atoms with Crippen LogP contribution in [-0.2, 0) is 6.42 Å². The number of hydrazine groups is 1. The van der Waals surface area contributed by atoms with Gasteiger partial charge in [0.1, 0.15) is 17.5 Å². The average Bonchev–Trinajstić information content (AvgIpc) is 2.44. The normalized spacial score (nSPS) is 10.4. The largest absolute Gasteiger partial charge is 0.339 e. The first-order valence-corrected chi connectivity index (χ1v) is 7.27. The fraction of sp³-hybridized carbons (Fsp3) is 0.231. The molecule has 106 valence electrons. The minimum absolute atomic E-state index is 0.564. The van der Waals surface area contributed by atoms with Crippen molar-refractivity contribution in [2.75, 3.05) is 10.7 Å². The van der Waals surface area contributed by atoms with E-state index in [0.29, 0.717) is 22.5 Å². The summed E-state index contributed by atoms with van der Waals surface area (Å²) in [6.45, 7) is 3.94. The molecule has 0 radical (unpaired) electrons. The van der Waals surface area contributed by atoms with Crippen LogP contribution in [0.15, 0.2) is 22.7 Å². The Morgan fingerprint density at radius 2 is 1.95 bits per heavy atom. The van der Waals surface area contributed by atoms with Gasteiger partial charge in [0.05, 0.1) is 5.69 Å². The van der Waals surface area contributed by atoms with Crippen LogP contribution in [0.5, 0.6) is 0 Å². The van der Waals surface area contributed by atoms with Crippen molar-refractivity contribution in [3.63, 3.8) is 0 Å². The monoisotopic (exact) mass is 355 g/mol. The number of nitrogen functional groups attached to an aromatic ring is 1. The zero-order valence-corrected chi connectivity index (χ0v) is 13.5. The molecule has 0 aliphatic carbocycles. The van der Waals surface area contributed by atoms with Crippen LogP contribution in [0.3, 0.4) is 0 Å². The highest BCUT2D eigenvalue weighted by molar-refractivity contribution is 9.10. The minimum Gasteiger partial charge on any atom is -0.339 e. The third-order valence-electron chi connectivity index (χ3n) is 2.75. The summed E-state index contributed by atoms with van der Waals surface area (Å²) >= 11 is 9.65. The second-order valence-corrected chi connectivity index (χ2v) is 5.52. The molecule has 1 aromatic heterocycles. The molecular weight excluding hydrogens is 342 g/mol. The molecule has 20 heavy (non-hydrogen) atoms. The molecule has 1 aromatic carbocycles. The first-order valence-electron chi connectivity index (χ1n) is 6.10. The van der Waals surface area contributed by atoms with Crippen molar-refractivity contribution in [1.29, 1.82) is 0 Å². The lowest BCUT2D eigenvalue weighted by Gasteiger charge is -2.12. The zero-order chi connectivity index (χ0) is 14.7. The van der Waals surface area contributed by atoms with Crippen molar-refractivity contribution >= 4 is 44.9 Å². The summed E-state index contributed by atoms with van der Waals surface area (Å²) in [6.07, 6.45) is 0.722. The van der Waals surface area contributed by atoms with Crippen molar-refractivity contribution in [1.82, 2.24) is 9.97 Å². The summed E-state index contributed by atoms with van der Waals surface area (Å²) < 4.78 is 0.915. The molecule has 0 saturated heterocycles. The number of hydrogen-bond acceptors (Lipinski definition) is 5. The summed E-state index contributed by atoms with van der Waals surface area (Å²) in [5.41, 5.74) is 4.38. The van der Waals surface area contributed by atoms with Gasteiger partial charge in [-0.15, -0.1) is 0 Å². The predicted octanol–water partition coefficient (Wildman–Crippen LogP) is 3.79. The fourth-order valence-electron chi connectivity index (χ4n) is 1.67. The van der Waals surface area contributed by atoms with Crippen molar-refractivity contribution in [2.24, 2.45) is 5.84 Å². The molecule has 0 fully saturated rings. The SMILES string of the molecule is CCc1nc(NN)cc(Nc2cc(Cl)c(C)cc2Br)n1. The molecule has 2 rings (SSSR count). The Morgan fingerprint density at radius 3 is 2.60 bits per heavy atom. The fourth-order valence-corrected chi connectivity index (χ4v) is 2.39. The molecule has 0 spiro atoms. The van der Waals surface area contributed by atoms with Crippen LogP contribution in [0.25, 0.3) is 0 Å². The van der Waals surface area contributed by atoms with Gasteiger partial charge in [-0.05, 0) is 40.5 Å². The number of nitrogens with two attached hydrogens (primary N) is 1. The second kappa shape index (κ2) is 6.39. The number of hydrogen-bond donors (Lipinski definition) is 3. The van der Waals surface area contributed by atoms with Gasteiger partial charge in [0, 0.05) is 22.0 Å². The Balaban J connectivity index is 2.36. The van der Waals surface area contributed by atoms with Crippen molar-refractivity contribution in [3.8, 4) is 0 Å². The van der Waals surface area contributed by atoms with E-state index in [4.69, 9.17) is 17.4 Å².